The summed E-state index contributed by atoms with van der Waals surface area (Å²) >= 11 is 24.2. The Morgan fingerprint density at radius 2 is 1.78 bits per heavy atom. The van der Waals surface area contributed by atoms with Crippen LogP contribution in [0.2, 0.25) is 20.1 Å². The van der Waals surface area contributed by atoms with Crippen LogP contribution in [0, 0.1) is 18.3 Å². The lowest BCUT2D eigenvalue weighted by molar-refractivity contribution is -0.112. The summed E-state index contributed by atoms with van der Waals surface area (Å²) in [6.45, 7) is 2.06. The Bertz CT molecular complexity index is 1250. The van der Waals surface area contributed by atoms with Crippen molar-refractivity contribution in [3.63, 3.8) is 0 Å². The highest BCUT2D eigenvalue weighted by atomic mass is 35.5. The van der Waals surface area contributed by atoms with Crippen LogP contribution in [0.5, 0.6) is 5.75 Å². The second kappa shape index (κ2) is 10.8. The van der Waals surface area contributed by atoms with Gasteiger partial charge < -0.3 is 10.1 Å². The molecule has 1 amide bonds. The standard InChI is InChI=1S/C24H16Cl4N2O2/c1-14-2-5-19(11-21(14)27)30-24(31)17(12-29)9-16-10-18(25)4-7-23(16)32-13-15-3-6-20(26)22(28)8-15/h2-11H,13H2,1H3,(H,30,31)/b17-9+. The number of aryl methyl sites for hydroxylation is 1. The molecule has 0 fully saturated rings. The molecule has 162 valence electrons. The number of anilines is 1. The molecule has 0 aliphatic heterocycles. The maximum absolute atomic E-state index is 12.6. The average molecular weight is 506 g/mol. The largest absolute Gasteiger partial charge is 0.488 e. The Labute approximate surface area is 205 Å². The van der Waals surface area contributed by atoms with Crippen LogP contribution in [0.25, 0.3) is 6.08 Å². The minimum atomic E-state index is -0.581. The predicted molar refractivity (Wildman–Crippen MR) is 131 cm³/mol. The lowest BCUT2D eigenvalue weighted by Crippen LogP contribution is -2.13. The molecule has 0 saturated carbocycles. The van der Waals surface area contributed by atoms with Gasteiger partial charge in [-0.25, -0.2) is 0 Å². The molecule has 3 rings (SSSR count). The van der Waals surface area contributed by atoms with Crippen molar-refractivity contribution in [2.24, 2.45) is 0 Å². The zero-order valence-electron chi connectivity index (χ0n) is 16.8. The predicted octanol–water partition coefficient (Wildman–Crippen LogP) is 7.73. The van der Waals surface area contributed by atoms with E-state index >= 15 is 0 Å². The third kappa shape index (κ3) is 6.18. The van der Waals surface area contributed by atoms with E-state index in [1.54, 1.807) is 54.6 Å². The molecule has 0 spiro atoms. The van der Waals surface area contributed by atoms with E-state index in [0.29, 0.717) is 37.1 Å². The highest BCUT2D eigenvalue weighted by Gasteiger charge is 2.13. The summed E-state index contributed by atoms with van der Waals surface area (Å²) in [6, 6.07) is 17.1. The van der Waals surface area contributed by atoms with Crippen molar-refractivity contribution < 1.29 is 9.53 Å². The van der Waals surface area contributed by atoms with Crippen molar-refractivity contribution in [1.29, 1.82) is 5.26 Å². The third-order valence-corrected chi connectivity index (χ3v) is 5.83. The number of carbonyl (C=O) groups is 1. The monoisotopic (exact) mass is 504 g/mol. The summed E-state index contributed by atoms with van der Waals surface area (Å²) in [6.07, 6.45) is 1.42. The van der Waals surface area contributed by atoms with Gasteiger partial charge in [0.05, 0.1) is 10.0 Å². The average Bonchev–Trinajstić information content (AvgIpc) is 2.76. The first kappa shape index (κ1) is 24.0. The molecule has 0 aliphatic carbocycles. The molecule has 0 bridgehead atoms. The molecular weight excluding hydrogens is 490 g/mol. The minimum absolute atomic E-state index is 0.122. The Morgan fingerprint density at radius 1 is 1.00 bits per heavy atom. The number of halogens is 4. The number of nitriles is 1. The number of rotatable bonds is 6. The number of benzene rings is 3. The number of nitrogens with zero attached hydrogens (tertiary/aromatic N) is 1. The van der Waals surface area contributed by atoms with Gasteiger partial charge in [-0.2, -0.15) is 5.26 Å². The second-order valence-electron chi connectivity index (χ2n) is 6.81. The van der Waals surface area contributed by atoms with Gasteiger partial charge in [-0.3, -0.25) is 4.79 Å². The van der Waals surface area contributed by atoms with Crippen LogP contribution in [-0.2, 0) is 11.4 Å². The molecular formula is C24H16Cl4N2O2. The summed E-state index contributed by atoms with van der Waals surface area (Å²) in [5.41, 5.74) is 2.52. The molecule has 32 heavy (non-hydrogen) atoms. The lowest BCUT2D eigenvalue weighted by Gasteiger charge is -2.11. The normalized spacial score (nSPS) is 11.1. The molecule has 1 N–H and O–H groups in total. The topological polar surface area (TPSA) is 62.1 Å². The SMILES string of the molecule is Cc1ccc(NC(=O)/C(C#N)=C/c2cc(Cl)ccc2OCc2ccc(Cl)c(Cl)c2)cc1Cl. The zero-order chi connectivity index (χ0) is 23.3. The summed E-state index contributed by atoms with van der Waals surface area (Å²) in [7, 11) is 0. The van der Waals surface area contributed by atoms with Gasteiger partial charge in [0.2, 0.25) is 0 Å². The number of hydrogen-bond acceptors (Lipinski definition) is 3. The van der Waals surface area contributed by atoms with Crippen LogP contribution in [0.4, 0.5) is 5.69 Å². The van der Waals surface area contributed by atoms with Crippen molar-refractivity contribution in [2.75, 3.05) is 5.32 Å². The Kier molecular flexibility index (Phi) is 8.06. The second-order valence-corrected chi connectivity index (χ2v) is 8.47. The summed E-state index contributed by atoms with van der Waals surface area (Å²) in [4.78, 5) is 12.6. The van der Waals surface area contributed by atoms with Crippen molar-refractivity contribution in [2.45, 2.75) is 13.5 Å². The molecule has 0 atom stereocenters. The third-order valence-electron chi connectivity index (χ3n) is 4.44. The van der Waals surface area contributed by atoms with E-state index in [0.717, 1.165) is 11.1 Å². The van der Waals surface area contributed by atoms with Crippen molar-refractivity contribution in [3.05, 3.63) is 97.0 Å². The maximum atomic E-state index is 12.6. The fourth-order valence-corrected chi connectivity index (χ4v) is 3.41. The van der Waals surface area contributed by atoms with Crippen molar-refractivity contribution >= 4 is 64.1 Å². The first-order valence-corrected chi connectivity index (χ1v) is 10.8. The number of amides is 1. The van der Waals surface area contributed by atoms with Crippen molar-refractivity contribution in [3.8, 4) is 11.8 Å². The van der Waals surface area contributed by atoms with Gasteiger partial charge in [-0.05, 0) is 66.6 Å². The van der Waals surface area contributed by atoms with E-state index in [9.17, 15) is 10.1 Å². The van der Waals surface area contributed by atoms with Gasteiger partial charge in [-0.1, -0.05) is 58.5 Å². The fourth-order valence-electron chi connectivity index (χ4n) is 2.73. The number of ether oxygens (including phenoxy) is 1. The van der Waals surface area contributed by atoms with E-state index in [4.69, 9.17) is 51.1 Å². The molecule has 8 heteroatoms. The summed E-state index contributed by atoms with van der Waals surface area (Å²) in [5, 5.41) is 14.0. The van der Waals surface area contributed by atoms with E-state index < -0.39 is 5.91 Å². The highest BCUT2D eigenvalue weighted by molar-refractivity contribution is 6.42. The molecule has 3 aromatic rings. The van der Waals surface area contributed by atoms with Crippen molar-refractivity contribution in [1.82, 2.24) is 0 Å². The van der Waals surface area contributed by atoms with E-state index in [1.165, 1.54) is 6.08 Å². The fraction of sp³-hybridized carbons (Fsp3) is 0.0833. The maximum Gasteiger partial charge on any atom is 0.266 e. The van der Waals surface area contributed by atoms with Crippen LogP contribution in [0.15, 0.2) is 60.2 Å². The Morgan fingerprint density at radius 3 is 2.47 bits per heavy atom. The Balaban J connectivity index is 1.83. The Hall–Kier alpha value is -2.68. The van der Waals surface area contributed by atoms with Gasteiger partial charge in [0.1, 0.15) is 24.0 Å². The van der Waals surface area contributed by atoms with E-state index in [2.05, 4.69) is 5.32 Å². The van der Waals surface area contributed by atoms with Gasteiger partial charge >= 0.3 is 0 Å². The molecule has 0 saturated heterocycles. The van der Waals surface area contributed by atoms with E-state index in [1.807, 2.05) is 13.0 Å². The van der Waals surface area contributed by atoms with Gasteiger partial charge in [0.15, 0.2) is 0 Å². The molecule has 0 aromatic heterocycles. The van der Waals surface area contributed by atoms with Gasteiger partial charge in [0, 0.05) is 21.3 Å². The molecule has 0 unspecified atom stereocenters. The van der Waals surface area contributed by atoms with Crippen LogP contribution in [-0.4, -0.2) is 5.91 Å². The quantitative estimate of drug-likeness (QED) is 0.275. The lowest BCUT2D eigenvalue weighted by atomic mass is 10.1. The van der Waals surface area contributed by atoms with Crippen LogP contribution in [0.1, 0.15) is 16.7 Å². The first-order chi connectivity index (χ1) is 15.3. The van der Waals surface area contributed by atoms with Gasteiger partial charge in [0.25, 0.3) is 5.91 Å². The van der Waals surface area contributed by atoms with Gasteiger partial charge in [-0.15, -0.1) is 0 Å². The minimum Gasteiger partial charge on any atom is -0.488 e. The molecule has 3 aromatic carbocycles. The molecule has 4 nitrogen and oxygen atoms in total. The number of nitrogens with one attached hydrogen (secondary N) is 1. The summed E-state index contributed by atoms with van der Waals surface area (Å²) < 4.78 is 5.88. The molecule has 0 radical (unpaired) electrons. The van der Waals surface area contributed by atoms with Crippen LogP contribution >= 0.6 is 46.4 Å². The highest BCUT2D eigenvalue weighted by Crippen LogP contribution is 2.28. The smallest absolute Gasteiger partial charge is 0.266 e. The number of carbonyl (C=O) groups excluding carboxylic acids is 1. The van der Waals surface area contributed by atoms with Crippen LogP contribution < -0.4 is 10.1 Å². The van der Waals surface area contributed by atoms with Crippen LogP contribution in [0.3, 0.4) is 0 Å². The van der Waals surface area contributed by atoms with E-state index in [-0.39, 0.29) is 12.2 Å². The molecule has 0 aliphatic rings. The molecule has 0 heterocycles. The zero-order valence-corrected chi connectivity index (χ0v) is 19.8. The summed E-state index contributed by atoms with van der Waals surface area (Å²) in [5.74, 6) is -0.137. The number of hydrogen-bond donors (Lipinski definition) is 1. The first-order valence-electron chi connectivity index (χ1n) is 9.32.